The van der Waals surface area contributed by atoms with Crippen LogP contribution in [0.25, 0.3) is 0 Å². The van der Waals surface area contributed by atoms with E-state index in [1.54, 1.807) is 31.2 Å². The predicted octanol–water partition coefficient (Wildman–Crippen LogP) is 3.83. The zero-order valence-corrected chi connectivity index (χ0v) is 15.9. The van der Waals surface area contributed by atoms with Crippen LogP contribution >= 0.6 is 0 Å². The molecule has 0 aromatic heterocycles. The third-order valence-corrected chi connectivity index (χ3v) is 6.72. The van der Waals surface area contributed by atoms with Gasteiger partial charge in [0.25, 0.3) is 5.91 Å². The van der Waals surface area contributed by atoms with E-state index >= 15 is 0 Å². The molecule has 5 heteroatoms. The summed E-state index contributed by atoms with van der Waals surface area (Å²) in [7, 11) is 0. The quantitative estimate of drug-likeness (QED) is 0.632. The van der Waals surface area contributed by atoms with Crippen LogP contribution in [0.3, 0.4) is 0 Å². The van der Waals surface area contributed by atoms with Crippen LogP contribution in [0.5, 0.6) is 0 Å². The molecule has 0 radical (unpaired) electrons. The first-order chi connectivity index (χ1) is 12.9. The summed E-state index contributed by atoms with van der Waals surface area (Å²) in [4.78, 5) is 36.5. The molecular weight excluding hydrogens is 342 g/mol. The Bertz CT molecular complexity index is 726. The van der Waals surface area contributed by atoms with E-state index in [2.05, 4.69) is 5.32 Å². The van der Waals surface area contributed by atoms with Gasteiger partial charge in [0, 0.05) is 11.3 Å². The molecule has 4 saturated carbocycles. The first-order valence-corrected chi connectivity index (χ1v) is 10.0. The Labute approximate surface area is 159 Å². The zero-order chi connectivity index (χ0) is 19.1. The normalized spacial score (nSPS) is 32.0. The standard InChI is InChI=1S/C22H27NO4/c1-12(24)16-3-5-19(6-4-16)23-21(25)13(2)27-22(26)20-17-8-14-7-15(10-17)11-18(20)9-14/h3-6,13-15,17-18,20H,7-11H2,1-2H3,(H,23,25)/t13-,14?,15?,17?,18?,20?/m1/s1. The monoisotopic (exact) mass is 369 g/mol. The lowest BCUT2D eigenvalue weighted by molar-refractivity contribution is -0.169. The lowest BCUT2D eigenvalue weighted by Gasteiger charge is -2.53. The van der Waals surface area contributed by atoms with Crippen molar-refractivity contribution in [3.63, 3.8) is 0 Å². The van der Waals surface area contributed by atoms with Crippen molar-refractivity contribution in [3.05, 3.63) is 29.8 Å². The number of hydrogen-bond acceptors (Lipinski definition) is 4. The molecule has 1 amide bonds. The van der Waals surface area contributed by atoms with E-state index in [0.29, 0.717) is 23.1 Å². The fraction of sp³-hybridized carbons (Fsp3) is 0.591. The van der Waals surface area contributed by atoms with Gasteiger partial charge in [0.2, 0.25) is 0 Å². The molecule has 0 spiro atoms. The minimum absolute atomic E-state index is 0.0224. The topological polar surface area (TPSA) is 72.5 Å². The average Bonchev–Trinajstić information content (AvgIpc) is 2.61. The largest absolute Gasteiger partial charge is 0.452 e. The number of rotatable bonds is 5. The SMILES string of the molecule is CC(=O)c1ccc(NC(=O)[C@@H](C)OC(=O)C2C3CC4CC(C3)CC2C4)cc1. The minimum Gasteiger partial charge on any atom is -0.452 e. The summed E-state index contributed by atoms with van der Waals surface area (Å²) in [5.41, 5.74) is 1.18. The molecule has 27 heavy (non-hydrogen) atoms. The molecular formula is C22H27NO4. The van der Waals surface area contributed by atoms with E-state index in [1.165, 1.54) is 13.3 Å². The molecule has 1 N–H and O–H groups in total. The maximum atomic E-state index is 12.8. The van der Waals surface area contributed by atoms with Crippen molar-refractivity contribution in [1.29, 1.82) is 0 Å². The van der Waals surface area contributed by atoms with E-state index in [-0.39, 0.29) is 23.6 Å². The van der Waals surface area contributed by atoms with Crippen molar-refractivity contribution < 1.29 is 19.1 Å². The van der Waals surface area contributed by atoms with Crippen molar-refractivity contribution in [3.8, 4) is 0 Å². The fourth-order valence-electron chi connectivity index (χ4n) is 5.65. The van der Waals surface area contributed by atoms with Crippen LogP contribution in [-0.2, 0) is 14.3 Å². The molecule has 4 aliphatic rings. The Morgan fingerprint density at radius 1 is 0.963 bits per heavy atom. The number of Topliss-reactive ketones (excluding diaryl/α,β-unsaturated/α-hetero) is 1. The van der Waals surface area contributed by atoms with E-state index in [4.69, 9.17) is 4.74 Å². The highest BCUT2D eigenvalue weighted by Gasteiger charge is 2.51. The number of ether oxygens (including phenoxy) is 1. The van der Waals surface area contributed by atoms with Gasteiger partial charge in [0.1, 0.15) is 0 Å². The molecule has 144 valence electrons. The van der Waals surface area contributed by atoms with Crippen LogP contribution in [0.15, 0.2) is 24.3 Å². The molecule has 0 aliphatic heterocycles. The number of carbonyl (C=O) groups excluding carboxylic acids is 3. The Morgan fingerprint density at radius 2 is 1.52 bits per heavy atom. The smallest absolute Gasteiger partial charge is 0.310 e. The lowest BCUT2D eigenvalue weighted by Crippen LogP contribution is -2.49. The van der Waals surface area contributed by atoms with Crippen molar-refractivity contribution in [2.45, 2.75) is 52.1 Å². The van der Waals surface area contributed by atoms with Crippen LogP contribution in [0.4, 0.5) is 5.69 Å². The van der Waals surface area contributed by atoms with Gasteiger partial charge in [-0.15, -0.1) is 0 Å². The van der Waals surface area contributed by atoms with Gasteiger partial charge in [-0.05, 0) is 93.9 Å². The predicted molar refractivity (Wildman–Crippen MR) is 101 cm³/mol. The Balaban J connectivity index is 1.34. The number of esters is 1. The second kappa shape index (κ2) is 7.10. The van der Waals surface area contributed by atoms with Crippen molar-refractivity contribution in [1.82, 2.24) is 0 Å². The molecule has 0 heterocycles. The van der Waals surface area contributed by atoms with Crippen LogP contribution < -0.4 is 5.32 Å². The third kappa shape index (κ3) is 3.64. The van der Waals surface area contributed by atoms with Crippen LogP contribution in [-0.4, -0.2) is 23.8 Å². The highest BCUT2D eigenvalue weighted by Crippen LogP contribution is 2.56. The number of benzene rings is 1. The maximum absolute atomic E-state index is 12.8. The number of carbonyl (C=O) groups is 3. The van der Waals surface area contributed by atoms with E-state index < -0.39 is 6.10 Å². The number of hydrogen-bond donors (Lipinski definition) is 1. The second-order valence-corrected chi connectivity index (χ2v) is 8.66. The number of amides is 1. The van der Waals surface area contributed by atoms with Gasteiger partial charge >= 0.3 is 5.97 Å². The van der Waals surface area contributed by atoms with Crippen molar-refractivity contribution in [2.24, 2.45) is 29.6 Å². The molecule has 4 fully saturated rings. The third-order valence-electron chi connectivity index (χ3n) is 6.72. The van der Waals surface area contributed by atoms with Gasteiger partial charge in [-0.3, -0.25) is 14.4 Å². The average molecular weight is 369 g/mol. The summed E-state index contributed by atoms with van der Waals surface area (Å²) in [6, 6.07) is 6.70. The molecule has 0 unspecified atom stereocenters. The van der Waals surface area contributed by atoms with E-state index in [1.807, 2.05) is 0 Å². The summed E-state index contributed by atoms with van der Waals surface area (Å²) in [5, 5.41) is 2.75. The van der Waals surface area contributed by atoms with Gasteiger partial charge in [0.15, 0.2) is 11.9 Å². The van der Waals surface area contributed by atoms with Crippen LogP contribution in [0, 0.1) is 29.6 Å². The summed E-state index contributed by atoms with van der Waals surface area (Å²) >= 11 is 0. The van der Waals surface area contributed by atoms with Gasteiger partial charge in [-0.1, -0.05) is 0 Å². The zero-order valence-electron chi connectivity index (χ0n) is 15.9. The summed E-state index contributed by atoms with van der Waals surface area (Å²) in [6.45, 7) is 3.12. The van der Waals surface area contributed by atoms with Gasteiger partial charge in [0.05, 0.1) is 5.92 Å². The highest BCUT2D eigenvalue weighted by atomic mass is 16.5. The first kappa shape index (κ1) is 18.2. The van der Waals surface area contributed by atoms with Gasteiger partial charge < -0.3 is 10.1 Å². The van der Waals surface area contributed by atoms with Crippen molar-refractivity contribution in [2.75, 3.05) is 5.32 Å². The number of nitrogens with one attached hydrogen (secondary N) is 1. The first-order valence-electron chi connectivity index (χ1n) is 10.0. The van der Waals surface area contributed by atoms with Crippen molar-refractivity contribution >= 4 is 23.3 Å². The molecule has 4 bridgehead atoms. The number of ketones is 1. The molecule has 1 atom stereocenters. The fourth-order valence-corrected chi connectivity index (χ4v) is 5.65. The molecule has 0 saturated heterocycles. The number of anilines is 1. The molecule has 5 nitrogen and oxygen atoms in total. The lowest BCUT2D eigenvalue weighted by atomic mass is 9.52. The second-order valence-electron chi connectivity index (χ2n) is 8.66. The molecule has 1 aromatic carbocycles. The van der Waals surface area contributed by atoms with Crippen LogP contribution in [0.1, 0.15) is 56.3 Å². The summed E-state index contributed by atoms with van der Waals surface area (Å²) < 4.78 is 5.57. The van der Waals surface area contributed by atoms with Gasteiger partial charge in [-0.25, -0.2) is 0 Å². The Hall–Kier alpha value is -2.17. The Morgan fingerprint density at radius 3 is 2.04 bits per heavy atom. The van der Waals surface area contributed by atoms with Gasteiger partial charge in [-0.2, -0.15) is 0 Å². The molecule has 4 aliphatic carbocycles. The molecule has 1 aromatic rings. The summed E-state index contributed by atoms with van der Waals surface area (Å²) in [6.07, 6.45) is 5.11. The minimum atomic E-state index is -0.831. The van der Waals surface area contributed by atoms with E-state index in [9.17, 15) is 14.4 Å². The van der Waals surface area contributed by atoms with Crippen LogP contribution in [0.2, 0.25) is 0 Å². The Kier molecular flexibility index (Phi) is 4.79. The highest BCUT2D eigenvalue weighted by molar-refractivity contribution is 5.97. The van der Waals surface area contributed by atoms with E-state index in [0.717, 1.165) is 37.5 Å². The maximum Gasteiger partial charge on any atom is 0.310 e. The summed E-state index contributed by atoms with van der Waals surface area (Å²) in [5.74, 6) is 1.91. The molecule has 5 rings (SSSR count).